The van der Waals surface area contributed by atoms with Crippen LogP contribution in [0.2, 0.25) is 0 Å². The molecule has 5 heteroatoms. The first kappa shape index (κ1) is 14.6. The van der Waals surface area contributed by atoms with Gasteiger partial charge >= 0.3 is 0 Å². The van der Waals surface area contributed by atoms with E-state index in [1.54, 1.807) is 0 Å². The van der Waals surface area contributed by atoms with Crippen LogP contribution in [0.3, 0.4) is 0 Å². The van der Waals surface area contributed by atoms with Crippen LogP contribution in [0.4, 0.5) is 8.78 Å². The monoisotopic (exact) mass is 331 g/mol. The molecule has 0 unspecified atom stereocenters. The molecule has 0 aliphatic heterocycles. The Kier molecular flexibility index (Phi) is 4.68. The van der Waals surface area contributed by atoms with E-state index in [1.165, 1.54) is 12.1 Å². The van der Waals surface area contributed by atoms with Crippen LogP contribution in [0.1, 0.15) is 31.2 Å². The predicted molar refractivity (Wildman–Crippen MR) is 72.7 cm³/mol. The Labute approximate surface area is 119 Å². The van der Waals surface area contributed by atoms with Gasteiger partial charge in [0.1, 0.15) is 17.4 Å². The van der Waals surface area contributed by atoms with Gasteiger partial charge in [0.05, 0.1) is 4.47 Å². The summed E-state index contributed by atoms with van der Waals surface area (Å²) in [6.45, 7) is 0. The zero-order valence-corrected chi connectivity index (χ0v) is 12.1. The van der Waals surface area contributed by atoms with Crippen LogP contribution in [0.5, 0.6) is 0 Å². The van der Waals surface area contributed by atoms with E-state index >= 15 is 0 Å². The smallest absolute Gasteiger partial charge is 0.143 e. The number of hydrogen-bond donors (Lipinski definition) is 1. The molecule has 19 heavy (non-hydrogen) atoms. The van der Waals surface area contributed by atoms with E-state index in [0.717, 1.165) is 25.7 Å². The molecule has 2 rings (SSSR count). The first-order valence-electron chi connectivity index (χ1n) is 6.39. The molecule has 104 valence electrons. The molecule has 1 aliphatic rings. The molecule has 0 heterocycles. The first-order valence-corrected chi connectivity index (χ1v) is 7.19. The highest BCUT2D eigenvalue weighted by atomic mass is 79.9. The Balaban J connectivity index is 2.09. The molecule has 0 aromatic heterocycles. The van der Waals surface area contributed by atoms with Crippen LogP contribution in [-0.4, -0.2) is 11.8 Å². The normalized spacial score (nSPS) is 23.4. The molecule has 2 nitrogen and oxygen atoms in total. The topological polar surface area (TPSA) is 43.1 Å². The number of carbonyl (C=O) groups is 1. The minimum absolute atomic E-state index is 0.0946. The average molecular weight is 332 g/mol. The van der Waals surface area contributed by atoms with Gasteiger partial charge in [0.15, 0.2) is 0 Å². The fourth-order valence-corrected chi connectivity index (χ4v) is 2.86. The molecule has 0 bridgehead atoms. The van der Waals surface area contributed by atoms with E-state index in [9.17, 15) is 13.6 Å². The largest absolute Gasteiger partial charge is 0.328 e. The summed E-state index contributed by atoms with van der Waals surface area (Å²) in [5.41, 5.74) is 5.64. The van der Waals surface area contributed by atoms with Gasteiger partial charge in [0, 0.05) is 23.9 Å². The van der Waals surface area contributed by atoms with Crippen molar-refractivity contribution in [3.8, 4) is 0 Å². The molecule has 1 fully saturated rings. The lowest BCUT2D eigenvalue weighted by Crippen LogP contribution is -2.30. The van der Waals surface area contributed by atoms with Crippen LogP contribution in [0, 0.1) is 17.6 Å². The Morgan fingerprint density at radius 3 is 2.53 bits per heavy atom. The summed E-state index contributed by atoms with van der Waals surface area (Å²) in [6.07, 6.45) is 2.87. The van der Waals surface area contributed by atoms with Crippen molar-refractivity contribution in [3.05, 3.63) is 33.8 Å². The standard InChI is InChI=1S/C14H16BrF2NO/c15-11-5-6-12(16)10(14(11)17)7-13(19)8-1-3-9(18)4-2-8/h5-6,8-9H,1-4,7,18H2. The van der Waals surface area contributed by atoms with E-state index in [0.29, 0.717) is 0 Å². The van der Waals surface area contributed by atoms with E-state index in [2.05, 4.69) is 15.9 Å². The van der Waals surface area contributed by atoms with Crippen molar-refractivity contribution in [1.82, 2.24) is 0 Å². The van der Waals surface area contributed by atoms with Gasteiger partial charge in [-0.3, -0.25) is 4.79 Å². The summed E-state index contributed by atoms with van der Waals surface area (Å²) in [5.74, 6) is -1.55. The van der Waals surface area contributed by atoms with Gasteiger partial charge in [-0.1, -0.05) is 0 Å². The second kappa shape index (κ2) is 6.09. The number of nitrogens with two attached hydrogens (primary N) is 1. The average Bonchev–Trinajstić information content (AvgIpc) is 2.40. The minimum Gasteiger partial charge on any atom is -0.328 e. The van der Waals surface area contributed by atoms with Crippen molar-refractivity contribution < 1.29 is 13.6 Å². The summed E-state index contributed by atoms with van der Waals surface area (Å²) in [7, 11) is 0. The Bertz CT molecular complexity index is 485. The summed E-state index contributed by atoms with van der Waals surface area (Å²) >= 11 is 3.00. The van der Waals surface area contributed by atoms with Gasteiger partial charge in [-0.2, -0.15) is 0 Å². The minimum atomic E-state index is -0.680. The first-order chi connectivity index (χ1) is 8.99. The molecular formula is C14H16BrF2NO. The molecule has 0 radical (unpaired) electrons. The van der Waals surface area contributed by atoms with Gasteiger partial charge < -0.3 is 5.73 Å². The van der Waals surface area contributed by atoms with Crippen molar-refractivity contribution in [3.63, 3.8) is 0 Å². The summed E-state index contributed by atoms with van der Waals surface area (Å²) in [4.78, 5) is 12.1. The van der Waals surface area contributed by atoms with Gasteiger partial charge in [0.2, 0.25) is 0 Å². The van der Waals surface area contributed by atoms with Crippen LogP contribution in [0.15, 0.2) is 16.6 Å². The SMILES string of the molecule is NC1CCC(C(=O)Cc2c(F)ccc(Br)c2F)CC1. The fourth-order valence-electron chi connectivity index (χ4n) is 2.49. The summed E-state index contributed by atoms with van der Waals surface area (Å²) in [6, 6.07) is 2.63. The van der Waals surface area contributed by atoms with Crippen LogP contribution in [0.25, 0.3) is 0 Å². The number of rotatable bonds is 3. The van der Waals surface area contributed by atoms with Gasteiger partial charge in [-0.25, -0.2) is 8.78 Å². The van der Waals surface area contributed by atoms with E-state index in [4.69, 9.17) is 5.73 Å². The number of benzene rings is 1. The third kappa shape index (κ3) is 3.39. The maximum atomic E-state index is 13.8. The molecule has 0 atom stereocenters. The maximum absolute atomic E-state index is 13.8. The van der Waals surface area contributed by atoms with Crippen molar-refractivity contribution in [1.29, 1.82) is 0 Å². The highest BCUT2D eigenvalue weighted by molar-refractivity contribution is 9.10. The quantitative estimate of drug-likeness (QED) is 0.863. The number of hydrogen-bond acceptors (Lipinski definition) is 2. The molecule has 1 aromatic rings. The highest BCUT2D eigenvalue weighted by Gasteiger charge is 2.26. The van der Waals surface area contributed by atoms with E-state index < -0.39 is 11.6 Å². The van der Waals surface area contributed by atoms with Crippen molar-refractivity contribution in [2.24, 2.45) is 11.7 Å². The Morgan fingerprint density at radius 2 is 1.89 bits per heavy atom. The van der Waals surface area contributed by atoms with E-state index in [-0.39, 0.29) is 34.2 Å². The van der Waals surface area contributed by atoms with Crippen molar-refractivity contribution in [2.75, 3.05) is 0 Å². The zero-order chi connectivity index (χ0) is 14.0. The maximum Gasteiger partial charge on any atom is 0.143 e. The third-order valence-corrected chi connectivity index (χ3v) is 4.33. The Morgan fingerprint density at radius 1 is 1.26 bits per heavy atom. The van der Waals surface area contributed by atoms with Crippen molar-refractivity contribution in [2.45, 2.75) is 38.1 Å². The lowest BCUT2D eigenvalue weighted by molar-refractivity contribution is -0.123. The molecule has 1 aromatic carbocycles. The lowest BCUT2D eigenvalue weighted by atomic mass is 9.82. The van der Waals surface area contributed by atoms with Gasteiger partial charge in [0.25, 0.3) is 0 Å². The molecule has 2 N–H and O–H groups in total. The molecule has 0 amide bonds. The number of ketones is 1. The molecular weight excluding hydrogens is 316 g/mol. The fraction of sp³-hybridized carbons (Fsp3) is 0.500. The van der Waals surface area contributed by atoms with Crippen LogP contribution < -0.4 is 5.73 Å². The molecule has 1 saturated carbocycles. The van der Waals surface area contributed by atoms with Crippen molar-refractivity contribution >= 4 is 21.7 Å². The summed E-state index contributed by atoms with van der Waals surface area (Å²) in [5, 5.41) is 0. The Hall–Kier alpha value is -0.810. The predicted octanol–water partition coefficient (Wildman–Crippen LogP) is 3.36. The lowest BCUT2D eigenvalue weighted by Gasteiger charge is -2.25. The number of Topliss-reactive ketones (excluding diaryl/α,β-unsaturated/α-hetero) is 1. The third-order valence-electron chi connectivity index (χ3n) is 3.72. The number of carbonyl (C=O) groups excluding carboxylic acids is 1. The van der Waals surface area contributed by atoms with Crippen LogP contribution in [-0.2, 0) is 11.2 Å². The van der Waals surface area contributed by atoms with E-state index in [1.807, 2.05) is 0 Å². The highest BCUT2D eigenvalue weighted by Crippen LogP contribution is 2.27. The second-order valence-corrected chi connectivity index (χ2v) is 5.93. The number of halogens is 3. The summed E-state index contributed by atoms with van der Waals surface area (Å²) < 4.78 is 27.6. The van der Waals surface area contributed by atoms with Gasteiger partial charge in [-0.05, 0) is 53.7 Å². The second-order valence-electron chi connectivity index (χ2n) is 5.08. The molecule has 1 aliphatic carbocycles. The van der Waals surface area contributed by atoms with Crippen LogP contribution >= 0.6 is 15.9 Å². The molecule has 0 saturated heterocycles. The van der Waals surface area contributed by atoms with Gasteiger partial charge in [-0.15, -0.1) is 0 Å². The molecule has 0 spiro atoms. The zero-order valence-electron chi connectivity index (χ0n) is 10.5.